The number of hydrogen-bond acceptors (Lipinski definition) is 5. The van der Waals surface area contributed by atoms with Crippen molar-refractivity contribution in [2.75, 3.05) is 24.4 Å². The Morgan fingerprint density at radius 3 is 2.43 bits per heavy atom. The highest BCUT2D eigenvalue weighted by atomic mass is 79.9. The maximum Gasteiger partial charge on any atom is 0.266 e. The summed E-state index contributed by atoms with van der Waals surface area (Å²) in [6.07, 6.45) is 1.41. The summed E-state index contributed by atoms with van der Waals surface area (Å²) in [6, 6.07) is 19.3. The number of amides is 2. The maximum absolute atomic E-state index is 12.6. The fourth-order valence-electron chi connectivity index (χ4n) is 3.07. The third-order valence-electron chi connectivity index (χ3n) is 4.82. The molecule has 0 unspecified atom stereocenters. The highest BCUT2D eigenvalue weighted by Crippen LogP contribution is 2.37. The quantitative estimate of drug-likeness (QED) is 0.263. The van der Waals surface area contributed by atoms with Crippen LogP contribution in [0.3, 0.4) is 0 Å². The monoisotopic (exact) mass is 553 g/mol. The molecule has 9 heteroatoms. The first kappa shape index (κ1) is 25.8. The van der Waals surface area contributed by atoms with Gasteiger partial charge in [0.1, 0.15) is 11.6 Å². The second-order valence-electron chi connectivity index (χ2n) is 7.29. The molecule has 0 bridgehead atoms. The van der Waals surface area contributed by atoms with Crippen LogP contribution in [0.4, 0.5) is 11.4 Å². The topological polar surface area (TPSA) is 100 Å². The zero-order valence-corrected chi connectivity index (χ0v) is 21.2. The van der Waals surface area contributed by atoms with Crippen LogP contribution in [0.1, 0.15) is 11.1 Å². The average Bonchev–Trinajstić information content (AvgIpc) is 2.84. The number of methoxy groups -OCH3 is 1. The minimum Gasteiger partial charge on any atom is -0.493 e. The maximum atomic E-state index is 12.6. The van der Waals surface area contributed by atoms with E-state index in [0.29, 0.717) is 37.9 Å². The summed E-state index contributed by atoms with van der Waals surface area (Å²) in [5.41, 5.74) is 2.41. The molecule has 0 aromatic heterocycles. The molecule has 0 spiro atoms. The van der Waals surface area contributed by atoms with Crippen LogP contribution in [0.2, 0.25) is 5.02 Å². The van der Waals surface area contributed by atoms with E-state index < -0.39 is 5.91 Å². The number of para-hydroxylation sites is 2. The highest BCUT2D eigenvalue weighted by molar-refractivity contribution is 9.10. The van der Waals surface area contributed by atoms with Gasteiger partial charge in [0.05, 0.1) is 22.3 Å². The fourth-order valence-corrected chi connectivity index (χ4v) is 3.82. The molecule has 3 rings (SSSR count). The van der Waals surface area contributed by atoms with Gasteiger partial charge in [-0.25, -0.2) is 0 Å². The van der Waals surface area contributed by atoms with Crippen LogP contribution in [0.15, 0.2) is 70.7 Å². The average molecular weight is 555 g/mol. The first-order chi connectivity index (χ1) is 16.8. The van der Waals surface area contributed by atoms with Gasteiger partial charge in [-0.2, -0.15) is 5.26 Å². The highest BCUT2D eigenvalue weighted by Gasteiger charge is 2.16. The minimum atomic E-state index is -0.608. The Kier molecular flexibility index (Phi) is 8.90. The fraction of sp³-hybridized carbons (Fsp3) is 0.115. The number of hydrogen-bond donors (Lipinski definition) is 2. The lowest BCUT2D eigenvalue weighted by Gasteiger charge is -2.14. The lowest BCUT2D eigenvalue weighted by Crippen LogP contribution is -2.21. The number of nitrogens with zero attached hydrogens (tertiary/aromatic N) is 1. The van der Waals surface area contributed by atoms with Gasteiger partial charge in [-0.15, -0.1) is 0 Å². The molecule has 0 heterocycles. The van der Waals surface area contributed by atoms with E-state index in [2.05, 4.69) is 26.6 Å². The van der Waals surface area contributed by atoms with Crippen molar-refractivity contribution in [1.82, 2.24) is 0 Å². The van der Waals surface area contributed by atoms with E-state index in [1.165, 1.54) is 13.2 Å². The zero-order chi connectivity index (χ0) is 25.4. The van der Waals surface area contributed by atoms with Crippen molar-refractivity contribution >= 4 is 56.8 Å². The van der Waals surface area contributed by atoms with Gasteiger partial charge in [0.15, 0.2) is 18.1 Å². The van der Waals surface area contributed by atoms with E-state index >= 15 is 0 Å². The first-order valence-electron chi connectivity index (χ1n) is 10.4. The Bertz CT molecular complexity index is 1330. The number of carbonyl (C=O) groups excluding carboxylic acids is 2. The Morgan fingerprint density at radius 1 is 1.09 bits per heavy atom. The van der Waals surface area contributed by atoms with Crippen molar-refractivity contribution in [3.63, 3.8) is 0 Å². The molecule has 35 heavy (non-hydrogen) atoms. The number of benzene rings is 3. The van der Waals surface area contributed by atoms with Crippen molar-refractivity contribution < 1.29 is 19.1 Å². The Balaban J connectivity index is 1.75. The molecule has 7 nitrogen and oxygen atoms in total. The predicted molar refractivity (Wildman–Crippen MR) is 140 cm³/mol. The number of nitrogens with one attached hydrogen (secondary N) is 2. The number of aryl methyl sites for hydroxylation is 1. The van der Waals surface area contributed by atoms with Gasteiger partial charge in [0.25, 0.3) is 11.8 Å². The normalized spacial score (nSPS) is 10.8. The van der Waals surface area contributed by atoms with Crippen molar-refractivity contribution in [3.05, 3.63) is 86.9 Å². The molecule has 3 aromatic carbocycles. The van der Waals surface area contributed by atoms with E-state index in [4.69, 9.17) is 21.1 Å². The number of anilines is 2. The summed E-state index contributed by atoms with van der Waals surface area (Å²) in [5, 5.41) is 15.3. The molecule has 2 amide bonds. The molecular weight excluding hydrogens is 534 g/mol. The van der Waals surface area contributed by atoms with E-state index in [0.717, 1.165) is 5.56 Å². The lowest BCUT2D eigenvalue weighted by atomic mass is 10.1. The third kappa shape index (κ3) is 6.85. The summed E-state index contributed by atoms with van der Waals surface area (Å²) in [7, 11) is 1.45. The Hall–Kier alpha value is -3.80. The molecule has 0 saturated heterocycles. The van der Waals surface area contributed by atoms with Gasteiger partial charge in [-0.1, -0.05) is 41.9 Å². The molecule has 3 aromatic rings. The van der Waals surface area contributed by atoms with Gasteiger partial charge >= 0.3 is 0 Å². The molecule has 0 aliphatic heterocycles. The van der Waals surface area contributed by atoms with Crippen LogP contribution in [0.5, 0.6) is 11.5 Å². The second-order valence-corrected chi connectivity index (χ2v) is 8.55. The summed E-state index contributed by atoms with van der Waals surface area (Å²) < 4.78 is 11.6. The summed E-state index contributed by atoms with van der Waals surface area (Å²) in [5.74, 6) is -0.314. The Morgan fingerprint density at radius 2 is 1.77 bits per heavy atom. The van der Waals surface area contributed by atoms with Crippen LogP contribution in [-0.4, -0.2) is 25.5 Å². The predicted octanol–water partition coefficient (Wildman–Crippen LogP) is 5.98. The summed E-state index contributed by atoms with van der Waals surface area (Å²) >= 11 is 9.49. The molecule has 0 radical (unpaired) electrons. The molecule has 0 aliphatic carbocycles. The molecule has 0 fully saturated rings. The Labute approximate surface area is 216 Å². The van der Waals surface area contributed by atoms with Crippen molar-refractivity contribution in [2.24, 2.45) is 0 Å². The molecule has 0 saturated carbocycles. The van der Waals surface area contributed by atoms with Crippen LogP contribution in [-0.2, 0) is 9.59 Å². The molecule has 2 N–H and O–H groups in total. The van der Waals surface area contributed by atoms with Crippen molar-refractivity contribution in [3.8, 4) is 17.6 Å². The number of nitriles is 1. The standard InChI is InChI=1S/C26H21BrClN3O4/c1-16-7-3-5-9-21(16)30-24(32)15-35-25-19(27)12-17(13-23(25)34-2)11-18(14-29)26(33)31-22-10-6-4-8-20(22)28/h3-13H,15H2,1-2H3,(H,30,32)(H,31,33)/b18-11+. The van der Waals surface area contributed by atoms with E-state index in [1.807, 2.05) is 31.2 Å². The van der Waals surface area contributed by atoms with Gasteiger partial charge in [0, 0.05) is 5.69 Å². The number of carbonyl (C=O) groups is 2. The second kappa shape index (κ2) is 12.1. The van der Waals surface area contributed by atoms with E-state index in [1.54, 1.807) is 42.5 Å². The van der Waals surface area contributed by atoms with Crippen LogP contribution in [0.25, 0.3) is 6.08 Å². The first-order valence-corrected chi connectivity index (χ1v) is 11.5. The SMILES string of the molecule is COc1cc(/C=C(\C#N)C(=O)Nc2ccccc2Cl)cc(Br)c1OCC(=O)Nc1ccccc1C. The van der Waals surface area contributed by atoms with E-state index in [-0.39, 0.29) is 18.1 Å². The third-order valence-corrected chi connectivity index (χ3v) is 5.74. The van der Waals surface area contributed by atoms with Crippen LogP contribution in [0, 0.1) is 18.3 Å². The molecular formula is C26H21BrClN3O4. The van der Waals surface area contributed by atoms with Crippen molar-refractivity contribution in [1.29, 1.82) is 5.26 Å². The van der Waals surface area contributed by atoms with Crippen molar-refractivity contribution in [2.45, 2.75) is 6.92 Å². The molecule has 0 atom stereocenters. The van der Waals surface area contributed by atoms with E-state index in [9.17, 15) is 14.9 Å². The zero-order valence-electron chi connectivity index (χ0n) is 18.9. The summed E-state index contributed by atoms with van der Waals surface area (Å²) in [6.45, 7) is 1.65. The number of rotatable bonds is 8. The minimum absolute atomic E-state index is 0.134. The van der Waals surface area contributed by atoms with Gasteiger partial charge in [-0.3, -0.25) is 9.59 Å². The lowest BCUT2D eigenvalue weighted by molar-refractivity contribution is -0.118. The van der Waals surface area contributed by atoms with Gasteiger partial charge < -0.3 is 20.1 Å². The van der Waals surface area contributed by atoms with Crippen LogP contribution >= 0.6 is 27.5 Å². The molecule has 0 aliphatic rings. The molecule has 178 valence electrons. The summed E-state index contributed by atoms with van der Waals surface area (Å²) in [4.78, 5) is 24.9. The smallest absolute Gasteiger partial charge is 0.266 e. The number of halogens is 2. The largest absolute Gasteiger partial charge is 0.493 e. The van der Waals surface area contributed by atoms with Gasteiger partial charge in [0.2, 0.25) is 0 Å². The number of ether oxygens (including phenoxy) is 2. The van der Waals surface area contributed by atoms with Crippen LogP contribution < -0.4 is 20.1 Å². The van der Waals surface area contributed by atoms with Gasteiger partial charge in [-0.05, 0) is 70.4 Å².